The zero-order valence-electron chi connectivity index (χ0n) is 11.5. The van der Waals surface area contributed by atoms with E-state index in [9.17, 15) is 0 Å². The molecular formula is C15H18N2O2S. The van der Waals surface area contributed by atoms with Crippen molar-refractivity contribution in [2.75, 3.05) is 19.6 Å². The number of fused-ring (bicyclic) bond motifs is 1. The van der Waals surface area contributed by atoms with Gasteiger partial charge < -0.3 is 15.2 Å². The van der Waals surface area contributed by atoms with Gasteiger partial charge in [-0.05, 0) is 41.6 Å². The summed E-state index contributed by atoms with van der Waals surface area (Å²) in [5, 5.41) is 4.28. The van der Waals surface area contributed by atoms with E-state index in [4.69, 9.17) is 15.2 Å². The second-order valence-electron chi connectivity index (χ2n) is 5.08. The van der Waals surface area contributed by atoms with Crippen LogP contribution in [0.2, 0.25) is 0 Å². The molecule has 0 radical (unpaired) electrons. The summed E-state index contributed by atoms with van der Waals surface area (Å²) >= 11 is 1.73. The fourth-order valence-corrected chi connectivity index (χ4v) is 3.14. The Kier molecular flexibility index (Phi) is 3.91. The van der Waals surface area contributed by atoms with Crippen LogP contribution in [0.3, 0.4) is 0 Å². The third-order valence-corrected chi connectivity index (χ3v) is 4.01. The maximum Gasteiger partial charge on any atom is 0.189 e. The summed E-state index contributed by atoms with van der Waals surface area (Å²) in [6, 6.07) is 6.07. The fraction of sp³-hybridized carbons (Fsp3) is 0.333. The van der Waals surface area contributed by atoms with Crippen LogP contribution in [-0.2, 0) is 24.4 Å². The van der Waals surface area contributed by atoms with E-state index in [1.807, 2.05) is 12.1 Å². The smallest absolute Gasteiger partial charge is 0.189 e. The number of nitrogen functional groups attached to an aromatic ring is 1. The van der Waals surface area contributed by atoms with E-state index in [1.165, 1.54) is 5.56 Å². The third-order valence-electron chi connectivity index (χ3n) is 3.28. The highest BCUT2D eigenvalue weighted by atomic mass is 32.1. The Labute approximate surface area is 122 Å². The Morgan fingerprint density at radius 2 is 2.25 bits per heavy atom. The van der Waals surface area contributed by atoms with Crippen LogP contribution in [0, 0.1) is 0 Å². The molecular weight excluding hydrogens is 272 g/mol. The van der Waals surface area contributed by atoms with Gasteiger partial charge in [-0.15, -0.1) is 0 Å². The van der Waals surface area contributed by atoms with Gasteiger partial charge in [0.1, 0.15) is 5.75 Å². The first kappa shape index (κ1) is 13.4. The Morgan fingerprint density at radius 3 is 3.05 bits per heavy atom. The van der Waals surface area contributed by atoms with E-state index in [0.29, 0.717) is 13.4 Å². The predicted molar refractivity (Wildman–Crippen MR) is 80.6 cm³/mol. The SMILES string of the molecule is CN(Cc1ccsc1)Cc1cc(N)cc2c1OCOC2. The van der Waals surface area contributed by atoms with E-state index >= 15 is 0 Å². The van der Waals surface area contributed by atoms with Gasteiger partial charge in [0.05, 0.1) is 6.61 Å². The Balaban J connectivity index is 1.78. The number of thiophene rings is 1. The summed E-state index contributed by atoms with van der Waals surface area (Å²) in [5.41, 5.74) is 10.2. The fourth-order valence-electron chi connectivity index (χ4n) is 2.48. The van der Waals surface area contributed by atoms with Crippen molar-refractivity contribution in [3.63, 3.8) is 0 Å². The van der Waals surface area contributed by atoms with Crippen LogP contribution in [0.25, 0.3) is 0 Å². The maximum atomic E-state index is 5.97. The normalized spacial score (nSPS) is 14.1. The topological polar surface area (TPSA) is 47.7 Å². The zero-order valence-corrected chi connectivity index (χ0v) is 12.3. The second kappa shape index (κ2) is 5.83. The van der Waals surface area contributed by atoms with Gasteiger partial charge in [0.15, 0.2) is 6.79 Å². The molecule has 0 amide bonds. The van der Waals surface area contributed by atoms with Crippen LogP contribution in [0.5, 0.6) is 5.75 Å². The number of hydrogen-bond acceptors (Lipinski definition) is 5. The molecule has 5 heteroatoms. The van der Waals surface area contributed by atoms with Gasteiger partial charge in [-0.2, -0.15) is 11.3 Å². The predicted octanol–water partition coefficient (Wildman–Crippen LogP) is 2.83. The molecule has 1 aliphatic rings. The standard InChI is InChI=1S/C15H18N2O2S/c1-17(6-11-2-3-20-9-11)7-12-4-14(16)5-13-8-18-10-19-15(12)13/h2-5,9H,6-8,10,16H2,1H3. The van der Waals surface area contributed by atoms with Gasteiger partial charge in [-0.1, -0.05) is 0 Å². The minimum absolute atomic E-state index is 0.318. The summed E-state index contributed by atoms with van der Waals surface area (Å²) in [7, 11) is 2.10. The molecule has 0 spiro atoms. The lowest BCUT2D eigenvalue weighted by molar-refractivity contribution is -0.0173. The van der Waals surface area contributed by atoms with E-state index in [2.05, 4.69) is 28.8 Å². The van der Waals surface area contributed by atoms with Crippen LogP contribution in [-0.4, -0.2) is 18.7 Å². The molecule has 2 N–H and O–H groups in total. The summed E-state index contributed by atoms with van der Waals surface area (Å²) < 4.78 is 10.9. The van der Waals surface area contributed by atoms with Crippen LogP contribution in [0.1, 0.15) is 16.7 Å². The first-order valence-corrected chi connectivity index (χ1v) is 7.48. The number of nitrogens with zero attached hydrogens (tertiary/aromatic N) is 1. The number of hydrogen-bond donors (Lipinski definition) is 1. The molecule has 0 saturated heterocycles. The molecule has 2 heterocycles. The average molecular weight is 290 g/mol. The monoisotopic (exact) mass is 290 g/mol. The van der Waals surface area contributed by atoms with E-state index in [-0.39, 0.29) is 0 Å². The lowest BCUT2D eigenvalue weighted by atomic mass is 10.1. The lowest BCUT2D eigenvalue weighted by Gasteiger charge is -2.24. The van der Waals surface area contributed by atoms with Gasteiger partial charge >= 0.3 is 0 Å². The van der Waals surface area contributed by atoms with Crippen LogP contribution < -0.4 is 10.5 Å². The number of benzene rings is 1. The van der Waals surface area contributed by atoms with E-state index in [0.717, 1.165) is 35.7 Å². The molecule has 1 aliphatic heterocycles. The Morgan fingerprint density at radius 1 is 1.35 bits per heavy atom. The maximum absolute atomic E-state index is 5.97. The van der Waals surface area contributed by atoms with Crippen LogP contribution in [0.4, 0.5) is 5.69 Å². The summed E-state index contributed by atoms with van der Waals surface area (Å²) in [6.07, 6.45) is 0. The summed E-state index contributed by atoms with van der Waals surface area (Å²) in [5.74, 6) is 0.933. The van der Waals surface area contributed by atoms with Crippen molar-refractivity contribution >= 4 is 17.0 Å². The highest BCUT2D eigenvalue weighted by Crippen LogP contribution is 2.31. The van der Waals surface area contributed by atoms with E-state index < -0.39 is 0 Å². The molecule has 4 nitrogen and oxygen atoms in total. The molecule has 0 atom stereocenters. The third kappa shape index (κ3) is 2.95. The Bertz CT molecular complexity index is 584. The first-order chi connectivity index (χ1) is 9.72. The molecule has 20 heavy (non-hydrogen) atoms. The van der Waals surface area contributed by atoms with Crippen molar-refractivity contribution < 1.29 is 9.47 Å². The van der Waals surface area contributed by atoms with Gasteiger partial charge in [0, 0.05) is 29.9 Å². The van der Waals surface area contributed by atoms with Crippen molar-refractivity contribution in [2.45, 2.75) is 19.7 Å². The van der Waals surface area contributed by atoms with Gasteiger partial charge in [-0.25, -0.2) is 0 Å². The number of rotatable bonds is 4. The molecule has 1 aromatic carbocycles. The van der Waals surface area contributed by atoms with E-state index in [1.54, 1.807) is 11.3 Å². The number of nitrogens with two attached hydrogens (primary N) is 1. The molecule has 3 rings (SSSR count). The second-order valence-corrected chi connectivity index (χ2v) is 5.86. The molecule has 2 aromatic rings. The molecule has 0 aliphatic carbocycles. The molecule has 0 fully saturated rings. The summed E-state index contributed by atoms with van der Waals surface area (Å²) in [6.45, 7) is 2.62. The highest BCUT2D eigenvalue weighted by molar-refractivity contribution is 7.07. The number of anilines is 1. The largest absolute Gasteiger partial charge is 0.467 e. The van der Waals surface area contributed by atoms with Gasteiger partial charge in [-0.3, -0.25) is 4.90 Å². The van der Waals surface area contributed by atoms with Gasteiger partial charge in [0.2, 0.25) is 0 Å². The highest BCUT2D eigenvalue weighted by Gasteiger charge is 2.17. The Hall–Kier alpha value is -1.56. The van der Waals surface area contributed by atoms with Crippen molar-refractivity contribution in [3.8, 4) is 5.75 Å². The van der Waals surface area contributed by atoms with Crippen LogP contribution >= 0.6 is 11.3 Å². The summed E-state index contributed by atoms with van der Waals surface area (Å²) in [4.78, 5) is 2.26. The minimum Gasteiger partial charge on any atom is -0.467 e. The lowest BCUT2D eigenvalue weighted by Crippen LogP contribution is -2.20. The number of ether oxygens (including phenoxy) is 2. The average Bonchev–Trinajstić information content (AvgIpc) is 2.91. The molecule has 0 bridgehead atoms. The van der Waals surface area contributed by atoms with Crippen molar-refractivity contribution in [1.29, 1.82) is 0 Å². The van der Waals surface area contributed by atoms with Gasteiger partial charge in [0.25, 0.3) is 0 Å². The minimum atomic E-state index is 0.318. The quantitative estimate of drug-likeness (QED) is 0.880. The van der Waals surface area contributed by atoms with Crippen LogP contribution in [0.15, 0.2) is 29.0 Å². The first-order valence-electron chi connectivity index (χ1n) is 6.54. The molecule has 0 saturated carbocycles. The van der Waals surface area contributed by atoms with Crippen molar-refractivity contribution in [1.82, 2.24) is 4.90 Å². The molecule has 106 valence electrons. The molecule has 0 unspecified atom stereocenters. The molecule has 1 aromatic heterocycles. The zero-order chi connectivity index (χ0) is 13.9. The van der Waals surface area contributed by atoms with Crippen molar-refractivity contribution in [2.24, 2.45) is 0 Å². The van der Waals surface area contributed by atoms with Crippen molar-refractivity contribution in [3.05, 3.63) is 45.6 Å².